The summed E-state index contributed by atoms with van der Waals surface area (Å²) >= 11 is 6.99. The first-order valence-corrected chi connectivity index (χ1v) is 10.0. The minimum absolute atomic E-state index is 0.335. The lowest BCUT2D eigenvalue weighted by molar-refractivity contribution is -0.120. The van der Waals surface area contributed by atoms with Gasteiger partial charge in [-0.3, -0.25) is 4.79 Å². The molecule has 1 saturated heterocycles. The fraction of sp³-hybridized carbons (Fsp3) is 0.217. The Bertz CT molecular complexity index is 1150. The number of fused-ring (bicyclic) bond motifs is 1. The van der Waals surface area contributed by atoms with E-state index in [-0.39, 0.29) is 11.9 Å². The van der Waals surface area contributed by atoms with Crippen LogP contribution in [-0.2, 0) is 9.67 Å². The quantitative estimate of drug-likeness (QED) is 0.634. The Kier molecular flexibility index (Phi) is 4.22. The first-order chi connectivity index (χ1) is 14.5. The van der Waals surface area contributed by atoms with Crippen molar-refractivity contribution in [3.63, 3.8) is 0 Å². The van der Waals surface area contributed by atoms with E-state index in [4.69, 9.17) is 22.1 Å². The highest BCUT2D eigenvalue weighted by Crippen LogP contribution is 2.64. The summed E-state index contributed by atoms with van der Waals surface area (Å²) in [6, 6.07) is 14.3. The van der Waals surface area contributed by atoms with E-state index in [0.717, 1.165) is 24.1 Å². The van der Waals surface area contributed by atoms with Crippen LogP contribution in [0.4, 0.5) is 10.2 Å². The minimum atomic E-state index is -1.10. The van der Waals surface area contributed by atoms with Crippen molar-refractivity contribution in [3.8, 4) is 16.9 Å². The molecule has 2 aliphatic rings. The third kappa shape index (κ3) is 2.60. The van der Waals surface area contributed by atoms with Gasteiger partial charge in [-0.1, -0.05) is 36.4 Å². The summed E-state index contributed by atoms with van der Waals surface area (Å²) in [7, 11) is 1.52. The number of alkyl halides is 1. The van der Waals surface area contributed by atoms with Gasteiger partial charge in [0.05, 0.1) is 7.11 Å². The number of amides is 1. The summed E-state index contributed by atoms with van der Waals surface area (Å²) in [5.41, 5.74) is 8.92. The number of carbonyl (C=O) groups is 1. The van der Waals surface area contributed by atoms with E-state index in [0.29, 0.717) is 28.3 Å². The maximum Gasteiger partial charge on any atom is 0.240 e. The Balaban J connectivity index is 1.55. The molecule has 2 aromatic carbocycles. The predicted molar refractivity (Wildman–Crippen MR) is 113 cm³/mol. The number of carbonyl (C=O) groups excluding carboxylic acids is 1. The summed E-state index contributed by atoms with van der Waals surface area (Å²) in [6.45, 7) is 0.718. The van der Waals surface area contributed by atoms with E-state index in [1.54, 1.807) is 12.3 Å². The number of pyridine rings is 1. The zero-order valence-electron chi connectivity index (χ0n) is 16.2. The summed E-state index contributed by atoms with van der Waals surface area (Å²) in [4.78, 5) is 16.7. The number of primary amides is 1. The summed E-state index contributed by atoms with van der Waals surface area (Å²) in [6.07, 6.45) is 2.36. The minimum Gasteiger partial charge on any atom is -0.496 e. The number of aromatic nitrogens is 1. The van der Waals surface area contributed by atoms with Gasteiger partial charge < -0.3 is 15.4 Å². The van der Waals surface area contributed by atoms with Gasteiger partial charge in [0.2, 0.25) is 5.91 Å². The Morgan fingerprint density at radius 3 is 2.60 bits per heavy atom. The molecule has 5 nitrogen and oxygen atoms in total. The number of anilines is 1. The number of methoxy groups -OCH3 is 1. The average molecular weight is 424 g/mol. The lowest BCUT2D eigenvalue weighted by Crippen LogP contribution is -2.55. The van der Waals surface area contributed by atoms with Crippen LogP contribution in [0.2, 0.25) is 0 Å². The molecule has 1 aliphatic carbocycles. The van der Waals surface area contributed by atoms with Crippen LogP contribution in [-0.4, -0.2) is 30.6 Å². The molecule has 0 radical (unpaired) electrons. The van der Waals surface area contributed by atoms with Gasteiger partial charge in [-0.05, 0) is 18.1 Å². The van der Waals surface area contributed by atoms with Crippen LogP contribution in [0.1, 0.15) is 23.1 Å². The van der Waals surface area contributed by atoms with Gasteiger partial charge in [0.15, 0.2) is 0 Å². The lowest BCUT2D eigenvalue weighted by atomic mass is 10.0. The maximum absolute atomic E-state index is 14.9. The predicted octanol–water partition coefficient (Wildman–Crippen LogP) is 3.80. The number of nitrogens with zero attached hydrogens (tertiary/aromatic N) is 2. The van der Waals surface area contributed by atoms with Crippen molar-refractivity contribution in [3.05, 3.63) is 77.2 Å². The van der Waals surface area contributed by atoms with E-state index in [1.807, 2.05) is 41.3 Å². The standard InChI is InChI=1S/C23H19ClFN3O2/c1-30-17-11-15(25)20-21(19(17)13-5-3-2-4-6-13)23(20,24)14-7-8-18(27-12-14)28-10-9-16(28)22(26)29/h2-8,11-12,16H,9-10H2,1H3,(H2,26,29)/t16?,23-/m0/s1. The molecule has 152 valence electrons. The van der Waals surface area contributed by atoms with Gasteiger partial charge in [-0.2, -0.15) is 0 Å². The van der Waals surface area contributed by atoms with Crippen molar-refractivity contribution in [2.75, 3.05) is 18.6 Å². The Hall–Kier alpha value is -3.12. The first-order valence-electron chi connectivity index (χ1n) is 9.65. The van der Waals surface area contributed by atoms with Crippen LogP contribution in [0.3, 0.4) is 0 Å². The third-order valence-corrected chi connectivity index (χ3v) is 6.54. The molecule has 30 heavy (non-hydrogen) atoms. The molecule has 3 aromatic rings. The van der Waals surface area contributed by atoms with Crippen LogP contribution >= 0.6 is 11.6 Å². The third-order valence-electron chi connectivity index (χ3n) is 5.94. The highest BCUT2D eigenvalue weighted by Gasteiger charge is 2.56. The normalized spacial score (nSPS) is 21.6. The zero-order chi connectivity index (χ0) is 21.0. The van der Waals surface area contributed by atoms with Crippen molar-refractivity contribution in [2.24, 2.45) is 5.73 Å². The van der Waals surface area contributed by atoms with Gasteiger partial charge >= 0.3 is 0 Å². The molecule has 1 unspecified atom stereocenters. The second kappa shape index (κ2) is 6.71. The van der Waals surface area contributed by atoms with Crippen LogP contribution in [0.15, 0.2) is 54.7 Å². The second-order valence-corrected chi connectivity index (χ2v) is 8.08. The van der Waals surface area contributed by atoms with Crippen molar-refractivity contribution in [1.29, 1.82) is 0 Å². The summed E-state index contributed by atoms with van der Waals surface area (Å²) in [5, 5.41) is 0. The monoisotopic (exact) mass is 423 g/mol. The molecule has 7 heteroatoms. The zero-order valence-corrected chi connectivity index (χ0v) is 17.0. The van der Waals surface area contributed by atoms with Crippen molar-refractivity contribution >= 4 is 23.3 Å². The van der Waals surface area contributed by atoms with Crippen molar-refractivity contribution in [1.82, 2.24) is 4.98 Å². The molecule has 1 fully saturated rings. The Morgan fingerprint density at radius 1 is 1.27 bits per heavy atom. The number of hydrogen-bond donors (Lipinski definition) is 1. The van der Waals surface area contributed by atoms with E-state index in [9.17, 15) is 9.18 Å². The van der Waals surface area contributed by atoms with Crippen molar-refractivity contribution in [2.45, 2.75) is 17.3 Å². The molecular formula is C23H19ClFN3O2. The Morgan fingerprint density at radius 2 is 2.03 bits per heavy atom. The van der Waals surface area contributed by atoms with Gasteiger partial charge in [0, 0.05) is 41.1 Å². The van der Waals surface area contributed by atoms with E-state index >= 15 is 0 Å². The van der Waals surface area contributed by atoms with Gasteiger partial charge in [-0.25, -0.2) is 9.37 Å². The summed E-state index contributed by atoms with van der Waals surface area (Å²) < 4.78 is 20.3. The van der Waals surface area contributed by atoms with E-state index in [2.05, 4.69) is 4.98 Å². The first kappa shape index (κ1) is 18.9. The molecule has 2 atom stereocenters. The molecule has 1 aromatic heterocycles. The van der Waals surface area contributed by atoms with Gasteiger partial charge in [-0.15, -0.1) is 11.6 Å². The molecule has 5 rings (SSSR count). The molecule has 0 bridgehead atoms. The smallest absolute Gasteiger partial charge is 0.240 e. The van der Waals surface area contributed by atoms with E-state index < -0.39 is 10.7 Å². The molecule has 0 spiro atoms. The fourth-order valence-corrected chi connectivity index (χ4v) is 4.72. The largest absolute Gasteiger partial charge is 0.496 e. The number of hydrogen-bond acceptors (Lipinski definition) is 4. The number of nitrogens with two attached hydrogens (primary N) is 1. The van der Waals surface area contributed by atoms with E-state index in [1.165, 1.54) is 13.2 Å². The second-order valence-electron chi connectivity index (χ2n) is 7.52. The number of benzene rings is 2. The van der Waals surface area contributed by atoms with Crippen LogP contribution < -0.4 is 15.4 Å². The molecule has 2 N–H and O–H groups in total. The molecule has 2 heterocycles. The Labute approximate surface area is 178 Å². The fourth-order valence-electron chi connectivity index (χ4n) is 4.28. The van der Waals surface area contributed by atoms with Gasteiger partial charge in [0.25, 0.3) is 0 Å². The highest BCUT2D eigenvalue weighted by molar-refractivity contribution is 6.33. The molecule has 1 amide bonds. The summed E-state index contributed by atoms with van der Waals surface area (Å²) in [5.74, 6) is 0.323. The SMILES string of the molecule is COc1cc(F)c2c(c1-c1ccccc1)[C@]2(Cl)c1ccc(N2CCC2C(N)=O)nc1. The molecule has 1 aliphatic heterocycles. The highest BCUT2D eigenvalue weighted by atomic mass is 35.5. The number of halogens is 2. The topological polar surface area (TPSA) is 68.5 Å². The average Bonchev–Trinajstić information content (AvgIpc) is 3.35. The molecule has 0 saturated carbocycles. The molecular weight excluding hydrogens is 405 g/mol. The van der Waals surface area contributed by atoms with Crippen LogP contribution in [0.5, 0.6) is 5.75 Å². The van der Waals surface area contributed by atoms with Gasteiger partial charge in [0.1, 0.15) is 28.3 Å². The maximum atomic E-state index is 14.9. The van der Waals surface area contributed by atoms with Crippen LogP contribution in [0, 0.1) is 5.82 Å². The van der Waals surface area contributed by atoms with Crippen molar-refractivity contribution < 1.29 is 13.9 Å². The number of rotatable bonds is 5. The van der Waals surface area contributed by atoms with Crippen LogP contribution in [0.25, 0.3) is 11.1 Å². The number of ether oxygens (including phenoxy) is 1. The lowest BCUT2D eigenvalue weighted by Gasteiger charge is -2.39.